The molecule has 0 aliphatic heterocycles. The van der Waals surface area contributed by atoms with Gasteiger partial charge in [0.2, 0.25) is 5.91 Å². The molecule has 0 saturated carbocycles. The Bertz CT molecular complexity index is 819. The minimum Gasteiger partial charge on any atom is -0.369 e. The molecule has 21 heavy (non-hydrogen) atoms. The zero-order valence-electron chi connectivity index (χ0n) is 10.7. The second-order valence-corrected chi connectivity index (χ2v) is 5.59. The summed E-state index contributed by atoms with van der Waals surface area (Å²) in [5.74, 6) is 0.227. The molecule has 0 aliphatic rings. The molecule has 0 fully saturated rings. The van der Waals surface area contributed by atoms with Crippen molar-refractivity contribution in [2.24, 2.45) is 5.73 Å². The van der Waals surface area contributed by atoms with Gasteiger partial charge in [-0.25, -0.2) is 15.0 Å². The standard InChI is InChI=1S/C13H10ClN5OS/c14-7-1-2-9-10(3-7)16-6-17-12(9)19-13-18-8(5-21-13)4-11(15)20/h1-3,5-6H,4H2,(H2,15,20)(H,16,17,18,19). The first-order valence-corrected chi connectivity index (χ1v) is 7.27. The van der Waals surface area contributed by atoms with Crippen LogP contribution >= 0.6 is 22.9 Å². The van der Waals surface area contributed by atoms with Crippen molar-refractivity contribution in [2.75, 3.05) is 5.32 Å². The summed E-state index contributed by atoms with van der Waals surface area (Å²) in [6, 6.07) is 5.39. The molecule has 6 nitrogen and oxygen atoms in total. The SMILES string of the molecule is NC(=O)Cc1csc(Nc2ncnc3cc(Cl)ccc23)n1. The highest BCUT2D eigenvalue weighted by Gasteiger charge is 2.08. The largest absolute Gasteiger partial charge is 0.369 e. The molecule has 0 saturated heterocycles. The molecular weight excluding hydrogens is 310 g/mol. The molecule has 2 heterocycles. The monoisotopic (exact) mass is 319 g/mol. The number of hydrogen-bond acceptors (Lipinski definition) is 6. The number of anilines is 2. The first kappa shape index (κ1) is 13.7. The zero-order chi connectivity index (χ0) is 14.8. The molecular formula is C13H10ClN5OS. The lowest BCUT2D eigenvalue weighted by Crippen LogP contribution is -2.13. The van der Waals surface area contributed by atoms with Gasteiger partial charge in [-0.1, -0.05) is 11.6 Å². The molecule has 106 valence electrons. The van der Waals surface area contributed by atoms with Crippen LogP contribution in [0, 0.1) is 0 Å². The van der Waals surface area contributed by atoms with Crippen molar-refractivity contribution in [2.45, 2.75) is 6.42 Å². The minimum absolute atomic E-state index is 0.123. The maximum absolute atomic E-state index is 10.9. The normalized spacial score (nSPS) is 10.7. The van der Waals surface area contributed by atoms with E-state index in [1.54, 1.807) is 17.5 Å². The van der Waals surface area contributed by atoms with Crippen LogP contribution in [0.25, 0.3) is 10.9 Å². The number of nitrogens with one attached hydrogen (secondary N) is 1. The van der Waals surface area contributed by atoms with Crippen LogP contribution < -0.4 is 11.1 Å². The van der Waals surface area contributed by atoms with Gasteiger partial charge in [0.25, 0.3) is 0 Å². The van der Waals surface area contributed by atoms with Crippen LogP contribution in [0.5, 0.6) is 0 Å². The Balaban J connectivity index is 1.91. The number of carbonyl (C=O) groups is 1. The summed E-state index contributed by atoms with van der Waals surface area (Å²) < 4.78 is 0. The van der Waals surface area contributed by atoms with Crippen molar-refractivity contribution in [1.82, 2.24) is 15.0 Å². The Morgan fingerprint density at radius 2 is 2.24 bits per heavy atom. The van der Waals surface area contributed by atoms with Crippen LogP contribution in [0.15, 0.2) is 29.9 Å². The Kier molecular flexibility index (Phi) is 3.68. The first-order valence-electron chi connectivity index (χ1n) is 6.02. The van der Waals surface area contributed by atoms with E-state index in [0.717, 1.165) is 10.9 Å². The van der Waals surface area contributed by atoms with Crippen LogP contribution in [-0.2, 0) is 11.2 Å². The third kappa shape index (κ3) is 3.09. The first-order chi connectivity index (χ1) is 10.1. The second kappa shape index (κ2) is 5.63. The lowest BCUT2D eigenvalue weighted by Gasteiger charge is -2.05. The van der Waals surface area contributed by atoms with Gasteiger partial charge in [-0.2, -0.15) is 0 Å². The average Bonchev–Trinajstić information content (AvgIpc) is 2.85. The van der Waals surface area contributed by atoms with Crippen LogP contribution in [0.3, 0.4) is 0 Å². The third-order valence-corrected chi connectivity index (χ3v) is 3.77. The van der Waals surface area contributed by atoms with Crippen LogP contribution in [0.1, 0.15) is 5.69 Å². The number of nitrogens with zero attached hydrogens (tertiary/aromatic N) is 3. The lowest BCUT2D eigenvalue weighted by molar-refractivity contribution is -0.117. The molecule has 0 radical (unpaired) electrons. The molecule has 8 heteroatoms. The van der Waals surface area contributed by atoms with E-state index in [0.29, 0.717) is 21.7 Å². The molecule has 3 N–H and O–H groups in total. The number of benzene rings is 1. The fourth-order valence-electron chi connectivity index (χ4n) is 1.86. The molecule has 1 amide bonds. The summed E-state index contributed by atoms with van der Waals surface area (Å²) in [4.78, 5) is 23.6. The molecule has 0 unspecified atom stereocenters. The van der Waals surface area contributed by atoms with Gasteiger partial charge in [-0.05, 0) is 18.2 Å². The molecule has 0 atom stereocenters. The number of fused-ring (bicyclic) bond motifs is 1. The van der Waals surface area contributed by atoms with Crippen molar-refractivity contribution in [3.63, 3.8) is 0 Å². The fraction of sp³-hybridized carbons (Fsp3) is 0.0769. The van der Waals surface area contributed by atoms with Crippen LogP contribution in [0.4, 0.5) is 10.9 Å². The maximum Gasteiger partial charge on any atom is 0.223 e. The van der Waals surface area contributed by atoms with Gasteiger partial charge in [0.05, 0.1) is 17.6 Å². The summed E-state index contributed by atoms with van der Waals surface area (Å²) in [7, 11) is 0. The van der Waals surface area contributed by atoms with Gasteiger partial charge in [-0.3, -0.25) is 4.79 Å². The highest BCUT2D eigenvalue weighted by Crippen LogP contribution is 2.26. The van der Waals surface area contributed by atoms with Gasteiger partial charge < -0.3 is 11.1 Å². The summed E-state index contributed by atoms with van der Waals surface area (Å²) in [5, 5.41) is 7.00. The Morgan fingerprint density at radius 3 is 3.05 bits per heavy atom. The van der Waals surface area contributed by atoms with E-state index in [4.69, 9.17) is 17.3 Å². The molecule has 0 bridgehead atoms. The summed E-state index contributed by atoms with van der Waals surface area (Å²) >= 11 is 7.33. The van der Waals surface area contributed by atoms with E-state index >= 15 is 0 Å². The highest BCUT2D eigenvalue weighted by atomic mass is 35.5. The van der Waals surface area contributed by atoms with E-state index in [2.05, 4.69) is 20.3 Å². The molecule has 1 aromatic carbocycles. The maximum atomic E-state index is 10.9. The number of hydrogen-bond donors (Lipinski definition) is 2. The molecule has 0 aliphatic carbocycles. The Hall–Kier alpha value is -2.25. The van der Waals surface area contributed by atoms with E-state index in [1.807, 2.05) is 6.07 Å². The van der Waals surface area contributed by atoms with Crippen molar-refractivity contribution < 1.29 is 4.79 Å². The topological polar surface area (TPSA) is 93.8 Å². The van der Waals surface area contributed by atoms with Crippen LogP contribution in [0.2, 0.25) is 5.02 Å². The highest BCUT2D eigenvalue weighted by molar-refractivity contribution is 7.13. The molecule has 2 aromatic heterocycles. The quantitative estimate of drug-likeness (QED) is 0.770. The van der Waals surface area contributed by atoms with E-state index in [1.165, 1.54) is 17.7 Å². The molecule has 3 aromatic rings. The molecule has 0 spiro atoms. The van der Waals surface area contributed by atoms with Gasteiger partial charge in [-0.15, -0.1) is 11.3 Å². The fourth-order valence-corrected chi connectivity index (χ4v) is 2.73. The number of nitrogens with two attached hydrogens (primary N) is 1. The number of rotatable bonds is 4. The van der Waals surface area contributed by atoms with Crippen molar-refractivity contribution in [3.05, 3.63) is 40.6 Å². The Morgan fingerprint density at radius 1 is 1.38 bits per heavy atom. The van der Waals surface area contributed by atoms with Crippen LogP contribution in [-0.4, -0.2) is 20.9 Å². The van der Waals surface area contributed by atoms with Gasteiger partial charge in [0.1, 0.15) is 12.1 Å². The second-order valence-electron chi connectivity index (χ2n) is 4.30. The number of primary amides is 1. The van der Waals surface area contributed by atoms with Crippen molar-refractivity contribution >= 4 is 50.7 Å². The minimum atomic E-state index is -0.408. The number of thiazole rings is 1. The summed E-state index contributed by atoms with van der Waals surface area (Å²) in [5.41, 5.74) is 6.53. The third-order valence-electron chi connectivity index (χ3n) is 2.73. The van der Waals surface area contributed by atoms with Crippen molar-refractivity contribution in [3.8, 4) is 0 Å². The average molecular weight is 320 g/mol. The number of aromatic nitrogens is 3. The van der Waals surface area contributed by atoms with Gasteiger partial charge in [0, 0.05) is 15.8 Å². The number of halogens is 1. The zero-order valence-corrected chi connectivity index (χ0v) is 12.3. The smallest absolute Gasteiger partial charge is 0.223 e. The molecule has 3 rings (SSSR count). The summed E-state index contributed by atoms with van der Waals surface area (Å²) in [6.45, 7) is 0. The Labute approximate surface area is 129 Å². The van der Waals surface area contributed by atoms with Gasteiger partial charge >= 0.3 is 0 Å². The van der Waals surface area contributed by atoms with E-state index in [9.17, 15) is 4.79 Å². The van der Waals surface area contributed by atoms with Crippen molar-refractivity contribution in [1.29, 1.82) is 0 Å². The number of carbonyl (C=O) groups excluding carboxylic acids is 1. The summed E-state index contributed by atoms with van der Waals surface area (Å²) in [6.07, 6.45) is 1.58. The predicted molar refractivity (Wildman–Crippen MR) is 82.8 cm³/mol. The number of amides is 1. The predicted octanol–water partition coefficient (Wildman–Crippen LogP) is 2.51. The lowest BCUT2D eigenvalue weighted by atomic mass is 10.2. The van der Waals surface area contributed by atoms with Gasteiger partial charge in [0.15, 0.2) is 5.13 Å². The van der Waals surface area contributed by atoms with E-state index < -0.39 is 5.91 Å². The van der Waals surface area contributed by atoms with E-state index in [-0.39, 0.29) is 6.42 Å².